The van der Waals surface area contributed by atoms with Crippen LogP contribution in [0, 0.1) is 0 Å². The van der Waals surface area contributed by atoms with Gasteiger partial charge in [0.25, 0.3) is 5.91 Å². The lowest BCUT2D eigenvalue weighted by molar-refractivity contribution is -0.274. The maximum Gasteiger partial charge on any atom is 0.573 e. The fourth-order valence-electron chi connectivity index (χ4n) is 3.57. The van der Waals surface area contributed by atoms with Gasteiger partial charge in [-0.2, -0.15) is 0 Å². The maximum absolute atomic E-state index is 13.0. The Morgan fingerprint density at radius 1 is 1.16 bits per heavy atom. The first-order valence-electron chi connectivity index (χ1n) is 10.7. The summed E-state index contributed by atoms with van der Waals surface area (Å²) in [7, 11) is 2.76. The topological polar surface area (TPSA) is 134 Å². The molecule has 0 fully saturated rings. The number of nitrogens with zero attached hydrogens (tertiary/aromatic N) is 1. The number of hydrogen-bond acceptors (Lipinski definition) is 6. The number of carbonyl (C=O) groups is 4. The molecule has 2 atom stereocenters. The average Bonchev–Trinajstić information content (AvgIpc) is 2.83. The molecule has 196 valence electrons. The van der Waals surface area contributed by atoms with Crippen molar-refractivity contribution < 1.29 is 46.9 Å². The second-order valence-electron chi connectivity index (χ2n) is 7.90. The summed E-state index contributed by atoms with van der Waals surface area (Å²) in [6.45, 7) is 0. The number of carbonyl (C=O) groups excluding carboxylic acids is 3. The predicted molar refractivity (Wildman–Crippen MR) is 122 cm³/mol. The van der Waals surface area contributed by atoms with Gasteiger partial charge in [-0.25, -0.2) is 4.79 Å². The number of nitrogens with one attached hydrogen (secondary N) is 2. The van der Waals surface area contributed by atoms with Crippen molar-refractivity contribution in [3.8, 4) is 22.6 Å². The monoisotopic (exact) mass is 521 g/mol. The number of ether oxygens (including phenoxy) is 2. The van der Waals surface area contributed by atoms with E-state index in [1.807, 2.05) is 0 Å². The zero-order valence-electron chi connectivity index (χ0n) is 19.5. The molecule has 0 saturated heterocycles. The van der Waals surface area contributed by atoms with E-state index in [9.17, 15) is 37.5 Å². The number of halogens is 3. The number of ketones is 1. The van der Waals surface area contributed by atoms with Crippen LogP contribution in [0.4, 0.5) is 18.0 Å². The van der Waals surface area contributed by atoms with E-state index in [4.69, 9.17) is 4.74 Å². The van der Waals surface area contributed by atoms with Crippen LogP contribution in [0.5, 0.6) is 11.5 Å². The first-order chi connectivity index (χ1) is 17.4. The number of hydrogen-bond donors (Lipinski definition) is 3. The number of urea groups is 1. The summed E-state index contributed by atoms with van der Waals surface area (Å²) in [5.41, 5.74) is 0.353. The van der Waals surface area contributed by atoms with E-state index in [1.165, 1.54) is 44.6 Å². The highest BCUT2D eigenvalue weighted by Gasteiger charge is 2.34. The van der Waals surface area contributed by atoms with E-state index in [0.717, 1.165) is 17.0 Å². The zero-order valence-corrected chi connectivity index (χ0v) is 19.5. The Morgan fingerprint density at radius 2 is 1.89 bits per heavy atom. The van der Waals surface area contributed by atoms with Crippen LogP contribution >= 0.6 is 0 Å². The number of methoxy groups -OCH3 is 1. The van der Waals surface area contributed by atoms with Crippen LogP contribution in [0.25, 0.3) is 11.1 Å². The van der Waals surface area contributed by atoms with Crippen LogP contribution < -0.4 is 20.1 Å². The third-order valence-electron chi connectivity index (χ3n) is 5.31. The largest absolute Gasteiger partial charge is 0.573 e. The summed E-state index contributed by atoms with van der Waals surface area (Å²) in [6.07, 6.45) is -3.33. The Balaban J connectivity index is 1.96. The number of aliphatic carboxylic acids is 1. The molecular formula is C24H22F3N3O7. The molecule has 3 N–H and O–H groups in total. The molecule has 13 heteroatoms. The molecule has 1 aliphatic heterocycles. The summed E-state index contributed by atoms with van der Waals surface area (Å²) in [6, 6.07) is 5.71. The lowest BCUT2D eigenvalue weighted by atomic mass is 9.96. The molecule has 0 aromatic heterocycles. The molecule has 0 bridgehead atoms. The minimum atomic E-state index is -5.01. The normalized spacial score (nSPS) is 16.2. The molecule has 2 aromatic rings. The van der Waals surface area contributed by atoms with Gasteiger partial charge in [0.15, 0.2) is 11.8 Å². The summed E-state index contributed by atoms with van der Waals surface area (Å²) in [4.78, 5) is 49.5. The SMILES string of the molecule is COc1cccc(-c2cc(C(CC(=O)O)NC(=O)NC3C(=O)C=CN(C)C3=O)ccc2OC(F)(F)F)c1. The van der Waals surface area contributed by atoms with Crippen molar-refractivity contribution in [1.29, 1.82) is 0 Å². The van der Waals surface area contributed by atoms with Crippen LogP contribution in [0.1, 0.15) is 18.0 Å². The Hall–Kier alpha value is -4.55. The summed E-state index contributed by atoms with van der Waals surface area (Å²) in [5, 5.41) is 13.9. The van der Waals surface area contributed by atoms with E-state index in [0.29, 0.717) is 5.75 Å². The number of amides is 3. The number of benzene rings is 2. The van der Waals surface area contributed by atoms with Crippen molar-refractivity contribution in [3.63, 3.8) is 0 Å². The van der Waals surface area contributed by atoms with E-state index < -0.39 is 54.3 Å². The van der Waals surface area contributed by atoms with Gasteiger partial charge >= 0.3 is 18.4 Å². The fourth-order valence-corrected chi connectivity index (χ4v) is 3.57. The Kier molecular flexibility index (Phi) is 8.05. The molecule has 10 nitrogen and oxygen atoms in total. The second-order valence-corrected chi connectivity index (χ2v) is 7.90. The van der Waals surface area contributed by atoms with Crippen molar-refractivity contribution in [2.24, 2.45) is 0 Å². The van der Waals surface area contributed by atoms with Crippen LogP contribution in [0.3, 0.4) is 0 Å². The first kappa shape index (κ1) is 27.0. The van der Waals surface area contributed by atoms with Crippen molar-refractivity contribution in [2.75, 3.05) is 14.2 Å². The molecular weight excluding hydrogens is 499 g/mol. The third kappa shape index (κ3) is 6.99. The van der Waals surface area contributed by atoms with E-state index >= 15 is 0 Å². The molecule has 0 radical (unpaired) electrons. The minimum Gasteiger partial charge on any atom is -0.497 e. The highest BCUT2D eigenvalue weighted by Crippen LogP contribution is 2.37. The van der Waals surface area contributed by atoms with Crippen LogP contribution in [0.2, 0.25) is 0 Å². The van der Waals surface area contributed by atoms with Crippen molar-refractivity contribution in [2.45, 2.75) is 24.9 Å². The maximum atomic E-state index is 13.0. The van der Waals surface area contributed by atoms with Gasteiger partial charge in [-0.3, -0.25) is 14.4 Å². The molecule has 2 unspecified atom stereocenters. The highest BCUT2D eigenvalue weighted by molar-refractivity contribution is 6.14. The number of carboxylic acid groups (broad SMARTS) is 1. The van der Waals surface area contributed by atoms with Gasteiger partial charge in [-0.15, -0.1) is 13.2 Å². The van der Waals surface area contributed by atoms with Gasteiger partial charge in [-0.05, 0) is 35.4 Å². The minimum absolute atomic E-state index is 0.0456. The molecule has 37 heavy (non-hydrogen) atoms. The quantitative estimate of drug-likeness (QED) is 0.455. The molecule has 2 aromatic carbocycles. The van der Waals surface area contributed by atoms with Crippen LogP contribution in [-0.4, -0.2) is 60.3 Å². The van der Waals surface area contributed by atoms with Gasteiger partial charge < -0.3 is 30.1 Å². The van der Waals surface area contributed by atoms with Gasteiger partial charge in [0.05, 0.1) is 19.6 Å². The van der Waals surface area contributed by atoms with E-state index in [1.54, 1.807) is 12.1 Å². The molecule has 0 saturated carbocycles. The summed E-state index contributed by atoms with van der Waals surface area (Å²) in [5.74, 6) is -2.91. The smallest absolute Gasteiger partial charge is 0.497 e. The van der Waals surface area contributed by atoms with E-state index in [2.05, 4.69) is 15.4 Å². The van der Waals surface area contributed by atoms with Gasteiger partial charge in [0.2, 0.25) is 0 Å². The number of carboxylic acids is 1. The lowest BCUT2D eigenvalue weighted by Gasteiger charge is -2.25. The molecule has 3 amide bonds. The molecule has 1 aliphatic rings. The number of likely N-dealkylation sites (N-methyl/N-ethyl adjacent to an activating group) is 1. The van der Waals surface area contributed by atoms with Gasteiger partial charge in [0.1, 0.15) is 11.5 Å². The summed E-state index contributed by atoms with van der Waals surface area (Å²) < 4.78 is 48.4. The highest BCUT2D eigenvalue weighted by atomic mass is 19.4. The van der Waals surface area contributed by atoms with Gasteiger partial charge in [0, 0.05) is 24.9 Å². The Labute approximate surface area is 208 Å². The Bertz CT molecular complexity index is 1250. The molecule has 0 spiro atoms. The Morgan fingerprint density at radius 3 is 2.54 bits per heavy atom. The summed E-state index contributed by atoms with van der Waals surface area (Å²) >= 11 is 0. The third-order valence-corrected chi connectivity index (χ3v) is 5.31. The van der Waals surface area contributed by atoms with Crippen molar-refractivity contribution in [3.05, 3.63) is 60.3 Å². The van der Waals surface area contributed by atoms with E-state index in [-0.39, 0.29) is 16.7 Å². The zero-order chi connectivity index (χ0) is 27.3. The number of rotatable bonds is 8. The molecule has 1 heterocycles. The van der Waals surface area contributed by atoms with Crippen molar-refractivity contribution in [1.82, 2.24) is 15.5 Å². The van der Waals surface area contributed by atoms with Crippen LogP contribution in [-0.2, 0) is 14.4 Å². The fraction of sp³-hybridized carbons (Fsp3) is 0.250. The number of alkyl halides is 3. The second kappa shape index (κ2) is 11.0. The molecule has 3 rings (SSSR count). The standard InChI is InChI=1S/C24H22F3N3O7/c1-30-9-8-18(31)21(22(30)34)29-23(35)28-17(12-20(32)33)14-6-7-19(37-24(25,26)27)16(11-14)13-4-3-5-15(10-13)36-2/h3-11,17,21H,12H2,1-2H3,(H,32,33)(H2,28,29,35). The van der Waals surface area contributed by atoms with Gasteiger partial charge in [-0.1, -0.05) is 18.2 Å². The lowest BCUT2D eigenvalue weighted by Crippen LogP contribution is -2.55. The average molecular weight is 521 g/mol. The van der Waals surface area contributed by atoms with Crippen LogP contribution in [0.15, 0.2) is 54.7 Å². The molecule has 0 aliphatic carbocycles. The van der Waals surface area contributed by atoms with Crippen molar-refractivity contribution >= 4 is 23.7 Å². The predicted octanol–water partition coefficient (Wildman–Crippen LogP) is 3.00. The first-order valence-corrected chi connectivity index (χ1v) is 10.7.